The van der Waals surface area contributed by atoms with Crippen LogP contribution in [0.3, 0.4) is 0 Å². The monoisotopic (exact) mass is 449 g/mol. The molecule has 0 radical (unpaired) electrons. The molecule has 0 bridgehead atoms. The largest absolute Gasteiger partial charge is 0.357 e. The molecule has 2 N–H and O–H groups in total. The number of nitrogens with one attached hydrogen (secondary N) is 2. The highest BCUT2D eigenvalue weighted by molar-refractivity contribution is 14.0. The van der Waals surface area contributed by atoms with Gasteiger partial charge in [0.05, 0.1) is 6.54 Å². The third-order valence-electron chi connectivity index (χ3n) is 2.78. The first-order valence-corrected chi connectivity index (χ1v) is 9.62. The van der Waals surface area contributed by atoms with Crippen LogP contribution in [0.2, 0.25) is 0 Å². The molecule has 7 heteroatoms. The summed E-state index contributed by atoms with van der Waals surface area (Å²) in [5, 5.41) is 6.48. The summed E-state index contributed by atoms with van der Waals surface area (Å²) in [7, 11) is -0.830. The minimum atomic E-state index is -0.830. The van der Waals surface area contributed by atoms with E-state index >= 15 is 0 Å². The van der Waals surface area contributed by atoms with E-state index in [0.717, 1.165) is 19.0 Å². The van der Waals surface area contributed by atoms with E-state index in [1.165, 1.54) is 0 Å². The Labute approximate surface area is 154 Å². The molecule has 0 fully saturated rings. The Balaban J connectivity index is 0. The van der Waals surface area contributed by atoms with Crippen molar-refractivity contribution in [3.8, 4) is 0 Å². The summed E-state index contributed by atoms with van der Waals surface area (Å²) in [6, 6.07) is 0. The Morgan fingerprint density at radius 3 is 2.19 bits per heavy atom. The van der Waals surface area contributed by atoms with Gasteiger partial charge in [-0.1, -0.05) is 0 Å². The Kier molecular flexibility index (Phi) is 12.6. The van der Waals surface area contributed by atoms with Crippen LogP contribution in [-0.2, 0) is 10.8 Å². The fourth-order valence-electron chi connectivity index (χ4n) is 1.24. The van der Waals surface area contributed by atoms with Gasteiger partial charge in [-0.2, -0.15) is 11.8 Å². The van der Waals surface area contributed by atoms with Gasteiger partial charge < -0.3 is 10.6 Å². The van der Waals surface area contributed by atoms with Gasteiger partial charge in [-0.05, 0) is 47.8 Å². The van der Waals surface area contributed by atoms with Gasteiger partial charge in [0.15, 0.2) is 5.96 Å². The molecule has 0 aliphatic heterocycles. The molecular weight excluding hydrogens is 417 g/mol. The maximum absolute atomic E-state index is 12.0. The third-order valence-corrected chi connectivity index (χ3v) is 5.95. The van der Waals surface area contributed by atoms with Crippen LogP contribution in [0.4, 0.5) is 0 Å². The predicted molar refractivity (Wildman–Crippen MR) is 110 cm³/mol. The molecule has 0 aliphatic carbocycles. The van der Waals surface area contributed by atoms with Crippen molar-refractivity contribution in [1.82, 2.24) is 10.6 Å². The quantitative estimate of drug-likeness (QED) is 0.357. The number of hydrogen-bond donors (Lipinski definition) is 2. The molecule has 0 heterocycles. The molecule has 0 aromatic rings. The summed E-state index contributed by atoms with van der Waals surface area (Å²) in [6.07, 6.45) is 2.10. The molecule has 0 amide bonds. The summed E-state index contributed by atoms with van der Waals surface area (Å²) in [5.41, 5.74) is 0. The second kappa shape index (κ2) is 11.1. The molecule has 0 rings (SSSR count). The summed E-state index contributed by atoms with van der Waals surface area (Å²) >= 11 is 1.81. The molecule has 21 heavy (non-hydrogen) atoms. The number of halogens is 1. The van der Waals surface area contributed by atoms with E-state index in [9.17, 15) is 4.21 Å². The van der Waals surface area contributed by atoms with E-state index in [4.69, 9.17) is 0 Å². The van der Waals surface area contributed by atoms with Crippen LogP contribution in [0, 0.1) is 0 Å². The Bertz CT molecular complexity index is 342. The number of aliphatic imine (C=N–C) groups is 1. The zero-order valence-electron chi connectivity index (χ0n) is 14.4. The molecule has 1 atom stereocenters. The minimum absolute atomic E-state index is 0. The minimum Gasteiger partial charge on any atom is -0.357 e. The Morgan fingerprint density at radius 1 is 1.19 bits per heavy atom. The molecule has 4 nitrogen and oxygen atoms in total. The first-order valence-electron chi connectivity index (χ1n) is 7.08. The Morgan fingerprint density at radius 2 is 1.76 bits per heavy atom. The van der Waals surface area contributed by atoms with Crippen molar-refractivity contribution in [2.24, 2.45) is 4.99 Å². The number of nitrogens with zero attached hydrogens (tertiary/aromatic N) is 1. The van der Waals surface area contributed by atoms with E-state index < -0.39 is 10.8 Å². The van der Waals surface area contributed by atoms with Crippen molar-refractivity contribution in [3.63, 3.8) is 0 Å². The zero-order valence-corrected chi connectivity index (χ0v) is 18.4. The van der Waals surface area contributed by atoms with Gasteiger partial charge in [0.1, 0.15) is 0 Å². The van der Waals surface area contributed by atoms with Crippen molar-refractivity contribution < 1.29 is 4.21 Å². The summed E-state index contributed by atoms with van der Waals surface area (Å²) in [6.45, 7) is 14.7. The average Bonchev–Trinajstić information content (AvgIpc) is 2.34. The highest BCUT2D eigenvalue weighted by atomic mass is 127. The lowest BCUT2D eigenvalue weighted by atomic mass is 10.2. The van der Waals surface area contributed by atoms with Crippen LogP contribution < -0.4 is 10.6 Å². The van der Waals surface area contributed by atoms with Crippen molar-refractivity contribution in [1.29, 1.82) is 0 Å². The topological polar surface area (TPSA) is 53.5 Å². The van der Waals surface area contributed by atoms with E-state index in [1.54, 1.807) is 0 Å². The zero-order chi connectivity index (χ0) is 15.8. The summed E-state index contributed by atoms with van der Waals surface area (Å²) in [4.78, 5) is 4.59. The van der Waals surface area contributed by atoms with Crippen molar-refractivity contribution >= 4 is 52.5 Å². The van der Waals surface area contributed by atoms with Crippen LogP contribution in [0.5, 0.6) is 0 Å². The van der Waals surface area contributed by atoms with Gasteiger partial charge in [0.2, 0.25) is 0 Å². The van der Waals surface area contributed by atoms with Crippen molar-refractivity contribution in [2.45, 2.75) is 51.0 Å². The number of hydrogen-bond acceptors (Lipinski definition) is 3. The van der Waals surface area contributed by atoms with Gasteiger partial charge in [0, 0.05) is 39.1 Å². The van der Waals surface area contributed by atoms with Gasteiger partial charge in [-0.25, -0.2) is 0 Å². The molecule has 0 aromatic heterocycles. The molecule has 128 valence electrons. The van der Waals surface area contributed by atoms with Gasteiger partial charge in [0.25, 0.3) is 0 Å². The maximum atomic E-state index is 12.0. The Hall–Kier alpha value is 0.500. The predicted octanol–water partition coefficient (Wildman–Crippen LogP) is 2.85. The lowest BCUT2D eigenvalue weighted by Crippen LogP contribution is -2.41. The van der Waals surface area contributed by atoms with Crippen LogP contribution in [0.15, 0.2) is 4.99 Å². The molecule has 1 unspecified atom stereocenters. The van der Waals surface area contributed by atoms with Crippen LogP contribution in [0.25, 0.3) is 0 Å². The van der Waals surface area contributed by atoms with E-state index in [2.05, 4.69) is 35.7 Å². The lowest BCUT2D eigenvalue weighted by Gasteiger charge is -2.21. The first kappa shape index (κ1) is 23.8. The smallest absolute Gasteiger partial charge is 0.191 e. The SMILES string of the molecule is CCNC(=NCC(C)(C)SC)NCCS(=O)C(C)(C)C.I. The fraction of sp³-hybridized carbons (Fsp3) is 0.929. The average molecular weight is 449 g/mol. The lowest BCUT2D eigenvalue weighted by molar-refractivity contribution is 0.646. The van der Waals surface area contributed by atoms with Crippen molar-refractivity contribution in [2.75, 3.05) is 31.6 Å². The van der Waals surface area contributed by atoms with Crippen LogP contribution in [0.1, 0.15) is 41.5 Å². The van der Waals surface area contributed by atoms with Gasteiger partial charge in [-0.15, -0.1) is 24.0 Å². The molecule has 0 saturated heterocycles. The number of thioether (sulfide) groups is 1. The fourth-order valence-corrected chi connectivity index (χ4v) is 2.34. The second-order valence-electron chi connectivity index (χ2n) is 6.25. The maximum Gasteiger partial charge on any atom is 0.191 e. The molecule has 0 aromatic carbocycles. The third kappa shape index (κ3) is 11.7. The first-order chi connectivity index (χ1) is 9.12. The molecular formula is C14H32IN3OS2. The van der Waals surface area contributed by atoms with Gasteiger partial charge >= 0.3 is 0 Å². The van der Waals surface area contributed by atoms with E-state index in [1.807, 2.05) is 39.5 Å². The summed E-state index contributed by atoms with van der Waals surface area (Å²) < 4.78 is 12.0. The standard InChI is InChI=1S/C14H31N3OS2.HI/c1-8-15-12(17-11-14(5,6)19-7)16-9-10-20(18)13(2,3)4;/h8-11H2,1-7H3,(H2,15,16,17);1H. The molecule has 0 saturated carbocycles. The molecule has 0 aliphatic rings. The normalized spacial score (nSPS) is 14.3. The summed E-state index contributed by atoms with van der Waals surface area (Å²) in [5.74, 6) is 1.44. The number of guanidine groups is 1. The van der Waals surface area contributed by atoms with Crippen LogP contribution >= 0.6 is 35.7 Å². The highest BCUT2D eigenvalue weighted by Gasteiger charge is 2.19. The van der Waals surface area contributed by atoms with Crippen molar-refractivity contribution in [3.05, 3.63) is 0 Å². The van der Waals surface area contributed by atoms with E-state index in [-0.39, 0.29) is 33.5 Å². The number of rotatable bonds is 7. The molecule has 0 spiro atoms. The highest BCUT2D eigenvalue weighted by Crippen LogP contribution is 2.20. The van der Waals surface area contributed by atoms with Gasteiger partial charge in [-0.3, -0.25) is 9.20 Å². The second-order valence-corrected chi connectivity index (χ2v) is 10.1. The van der Waals surface area contributed by atoms with Crippen LogP contribution in [-0.4, -0.2) is 51.3 Å². The van der Waals surface area contributed by atoms with E-state index in [0.29, 0.717) is 12.3 Å².